The first-order valence-corrected chi connectivity index (χ1v) is 9.57. The summed E-state index contributed by atoms with van der Waals surface area (Å²) >= 11 is 18.0. The van der Waals surface area contributed by atoms with Gasteiger partial charge in [-0.3, -0.25) is 4.79 Å². The minimum atomic E-state index is -4.62. The van der Waals surface area contributed by atoms with E-state index < -0.39 is 23.2 Å². The van der Waals surface area contributed by atoms with E-state index in [4.69, 9.17) is 39.2 Å². The maximum Gasteiger partial charge on any atom is 0.416 e. The molecule has 1 N–H and O–H groups in total. The van der Waals surface area contributed by atoms with Gasteiger partial charge in [-0.15, -0.1) is 0 Å². The smallest absolute Gasteiger partial charge is 0.416 e. The number of halogens is 6. The molecule has 0 saturated heterocycles. The van der Waals surface area contributed by atoms with Crippen LogP contribution < -0.4 is 5.32 Å². The van der Waals surface area contributed by atoms with E-state index in [1.54, 1.807) is 30.3 Å². The molecule has 10 heteroatoms. The Morgan fingerprint density at radius 3 is 2.42 bits per heavy atom. The van der Waals surface area contributed by atoms with E-state index in [0.717, 1.165) is 18.2 Å². The van der Waals surface area contributed by atoms with E-state index >= 15 is 0 Å². The maximum absolute atomic E-state index is 12.9. The largest absolute Gasteiger partial charge is 0.457 e. The molecule has 0 unspecified atom stereocenters. The lowest BCUT2D eigenvalue weighted by molar-refractivity contribution is -0.137. The number of hydrogen-bond acceptors (Lipinski definition) is 3. The predicted molar refractivity (Wildman–Crippen MR) is 113 cm³/mol. The van der Waals surface area contributed by atoms with Crippen LogP contribution in [0.4, 0.5) is 18.9 Å². The van der Waals surface area contributed by atoms with E-state index in [2.05, 4.69) is 5.32 Å². The van der Waals surface area contributed by atoms with Crippen LogP contribution in [0.1, 0.15) is 11.3 Å². The fourth-order valence-electron chi connectivity index (χ4n) is 2.54. The van der Waals surface area contributed by atoms with Crippen LogP contribution in [0.3, 0.4) is 0 Å². The first-order chi connectivity index (χ1) is 14.6. The summed E-state index contributed by atoms with van der Waals surface area (Å²) in [4.78, 5) is 12.4. The van der Waals surface area contributed by atoms with Crippen LogP contribution in [0, 0.1) is 11.3 Å². The normalized spacial score (nSPS) is 11.8. The van der Waals surface area contributed by atoms with Gasteiger partial charge in [0, 0.05) is 16.7 Å². The van der Waals surface area contributed by atoms with Crippen molar-refractivity contribution in [3.8, 4) is 17.4 Å². The molecule has 0 spiro atoms. The number of nitrogens with zero attached hydrogens (tertiary/aromatic N) is 1. The Morgan fingerprint density at radius 1 is 1.03 bits per heavy atom. The number of carbonyl (C=O) groups is 1. The van der Waals surface area contributed by atoms with E-state index in [1.807, 2.05) is 0 Å². The summed E-state index contributed by atoms with van der Waals surface area (Å²) in [7, 11) is 0. The number of nitrogens with one attached hydrogen (secondary N) is 1. The van der Waals surface area contributed by atoms with Crippen LogP contribution in [0.5, 0.6) is 0 Å². The van der Waals surface area contributed by atoms with Gasteiger partial charge in [0.1, 0.15) is 23.2 Å². The topological polar surface area (TPSA) is 66.0 Å². The Balaban J connectivity index is 1.86. The highest BCUT2D eigenvalue weighted by molar-refractivity contribution is 6.35. The number of furan rings is 1. The molecule has 3 rings (SSSR count). The zero-order valence-electron chi connectivity index (χ0n) is 15.2. The zero-order chi connectivity index (χ0) is 22.8. The second-order valence-electron chi connectivity index (χ2n) is 6.14. The van der Waals surface area contributed by atoms with Crippen LogP contribution in [0.25, 0.3) is 17.4 Å². The van der Waals surface area contributed by atoms with Gasteiger partial charge in [-0.2, -0.15) is 18.4 Å². The summed E-state index contributed by atoms with van der Waals surface area (Å²) in [5, 5.41) is 12.2. The van der Waals surface area contributed by atoms with Crippen molar-refractivity contribution >= 4 is 52.5 Å². The van der Waals surface area contributed by atoms with Crippen LogP contribution in [-0.4, -0.2) is 5.91 Å². The van der Waals surface area contributed by atoms with Gasteiger partial charge in [-0.05, 0) is 48.5 Å². The molecule has 0 saturated carbocycles. The molecule has 158 valence electrons. The molecule has 0 aliphatic carbocycles. The summed E-state index contributed by atoms with van der Waals surface area (Å²) in [6.07, 6.45) is -3.48. The second-order valence-corrected chi connectivity index (χ2v) is 7.39. The fraction of sp³-hybridized carbons (Fsp3) is 0.0476. The highest BCUT2D eigenvalue weighted by atomic mass is 35.5. The van der Waals surface area contributed by atoms with Gasteiger partial charge in [-0.25, -0.2) is 0 Å². The van der Waals surface area contributed by atoms with Crippen molar-refractivity contribution in [1.29, 1.82) is 5.26 Å². The Hall–Kier alpha value is -2.92. The highest BCUT2D eigenvalue weighted by Crippen LogP contribution is 2.34. The van der Waals surface area contributed by atoms with Crippen molar-refractivity contribution in [1.82, 2.24) is 0 Å². The minimum Gasteiger partial charge on any atom is -0.457 e. The first-order valence-electron chi connectivity index (χ1n) is 8.43. The second kappa shape index (κ2) is 9.06. The third-order valence-corrected chi connectivity index (χ3v) is 4.91. The molecular formula is C21H10Cl3F3N2O2. The van der Waals surface area contributed by atoms with E-state index in [9.17, 15) is 23.2 Å². The summed E-state index contributed by atoms with van der Waals surface area (Å²) in [6, 6.07) is 12.0. The molecule has 2 aromatic carbocycles. The van der Waals surface area contributed by atoms with Gasteiger partial charge in [0.15, 0.2) is 0 Å². The molecule has 1 heterocycles. The average molecular weight is 486 g/mol. The van der Waals surface area contributed by atoms with Crippen molar-refractivity contribution in [3.63, 3.8) is 0 Å². The van der Waals surface area contributed by atoms with Gasteiger partial charge >= 0.3 is 6.18 Å². The fourth-order valence-corrected chi connectivity index (χ4v) is 3.09. The summed E-state index contributed by atoms with van der Waals surface area (Å²) in [5.74, 6) is -0.465. The van der Waals surface area contributed by atoms with Gasteiger partial charge < -0.3 is 9.73 Å². The van der Waals surface area contributed by atoms with Crippen molar-refractivity contribution < 1.29 is 22.4 Å². The Kier molecular flexibility index (Phi) is 6.65. The standard InChI is InChI=1S/C21H10Cl3F3N2O2/c22-13-2-5-16(23)15(9-13)19-6-3-14(31-19)7-11(10-28)20(30)29-18-8-12(21(25,26)27)1-4-17(18)24/h1-9H,(H,29,30)/b11-7+. The number of benzene rings is 2. The Labute approximate surface area is 189 Å². The Morgan fingerprint density at radius 2 is 1.74 bits per heavy atom. The van der Waals surface area contributed by atoms with Crippen molar-refractivity contribution in [3.05, 3.63) is 80.5 Å². The lowest BCUT2D eigenvalue weighted by atomic mass is 10.1. The first kappa shape index (κ1) is 22.8. The molecule has 31 heavy (non-hydrogen) atoms. The maximum atomic E-state index is 12.9. The summed E-state index contributed by atoms with van der Waals surface area (Å²) < 4.78 is 44.3. The van der Waals surface area contributed by atoms with Crippen LogP contribution in [0.2, 0.25) is 15.1 Å². The van der Waals surface area contributed by atoms with Gasteiger partial charge in [0.05, 0.1) is 21.3 Å². The van der Waals surface area contributed by atoms with Crippen LogP contribution >= 0.6 is 34.8 Å². The molecule has 0 aliphatic heterocycles. The van der Waals surface area contributed by atoms with Crippen molar-refractivity contribution in [2.24, 2.45) is 0 Å². The van der Waals surface area contributed by atoms with Gasteiger partial charge in [0.25, 0.3) is 5.91 Å². The number of rotatable bonds is 4. The average Bonchev–Trinajstić information content (AvgIpc) is 3.17. The monoisotopic (exact) mass is 484 g/mol. The zero-order valence-corrected chi connectivity index (χ0v) is 17.5. The van der Waals surface area contributed by atoms with Crippen LogP contribution in [-0.2, 0) is 11.0 Å². The molecule has 0 fully saturated rings. The number of alkyl halides is 3. The molecule has 0 radical (unpaired) electrons. The summed E-state index contributed by atoms with van der Waals surface area (Å²) in [6.45, 7) is 0. The highest BCUT2D eigenvalue weighted by Gasteiger charge is 2.31. The molecule has 0 atom stereocenters. The number of nitriles is 1. The van der Waals surface area contributed by atoms with E-state index in [0.29, 0.717) is 27.4 Å². The lowest BCUT2D eigenvalue weighted by Crippen LogP contribution is -2.15. The summed E-state index contributed by atoms with van der Waals surface area (Å²) in [5.41, 5.74) is -1.18. The van der Waals surface area contributed by atoms with Gasteiger partial charge in [-0.1, -0.05) is 34.8 Å². The number of carbonyl (C=O) groups excluding carboxylic acids is 1. The lowest BCUT2D eigenvalue weighted by Gasteiger charge is -2.11. The Bertz CT molecular complexity index is 1230. The number of amides is 1. The minimum absolute atomic E-state index is 0.116. The number of hydrogen-bond donors (Lipinski definition) is 1. The molecule has 0 bridgehead atoms. The van der Waals surface area contributed by atoms with Gasteiger partial charge in [0.2, 0.25) is 0 Å². The molecular weight excluding hydrogens is 476 g/mol. The molecule has 0 aliphatic rings. The van der Waals surface area contributed by atoms with E-state index in [-0.39, 0.29) is 16.5 Å². The molecule has 3 aromatic rings. The predicted octanol–water partition coefficient (Wildman–Crippen LogP) is 7.47. The number of anilines is 1. The third kappa shape index (κ3) is 5.42. The van der Waals surface area contributed by atoms with E-state index in [1.165, 1.54) is 6.07 Å². The molecule has 1 amide bonds. The quantitative estimate of drug-likeness (QED) is 0.308. The van der Waals surface area contributed by atoms with Crippen molar-refractivity contribution in [2.45, 2.75) is 6.18 Å². The SMILES string of the molecule is N#C/C(=C\c1ccc(-c2cc(Cl)ccc2Cl)o1)C(=O)Nc1cc(C(F)(F)F)ccc1Cl. The third-order valence-electron chi connectivity index (χ3n) is 4.01. The van der Waals surface area contributed by atoms with Crippen LogP contribution in [0.15, 0.2) is 58.5 Å². The molecule has 4 nitrogen and oxygen atoms in total. The molecule has 1 aromatic heterocycles. The van der Waals surface area contributed by atoms with Crippen molar-refractivity contribution in [2.75, 3.05) is 5.32 Å².